The van der Waals surface area contributed by atoms with Crippen molar-refractivity contribution in [3.8, 4) is 0 Å². The van der Waals surface area contributed by atoms with Crippen LogP contribution in [-0.4, -0.2) is 47.4 Å². The molecule has 0 saturated heterocycles. The van der Waals surface area contributed by atoms with Crippen molar-refractivity contribution in [3.63, 3.8) is 0 Å². The SMILES string of the molecule is CCCCC/C=C\C/C=C\CCCCCCCCCCCC(=O)OCCCCCCCCCCCCCCCC/C=C\CCCCCCCCCCCCCCCCCCCC(=O)NC(CO)C(O)/C=C/CCCCCCCCCCCCC. The van der Waals surface area contributed by atoms with Crippen molar-refractivity contribution in [1.29, 1.82) is 0 Å². The lowest BCUT2D eigenvalue weighted by Gasteiger charge is -2.20. The third kappa shape index (κ3) is 68.9. The van der Waals surface area contributed by atoms with Crippen LogP contribution in [0.15, 0.2) is 48.6 Å². The molecule has 0 radical (unpaired) electrons. The zero-order valence-corrected chi connectivity index (χ0v) is 56.6. The van der Waals surface area contributed by atoms with Gasteiger partial charge in [0.25, 0.3) is 0 Å². The summed E-state index contributed by atoms with van der Waals surface area (Å²) in [7, 11) is 0. The van der Waals surface area contributed by atoms with Crippen LogP contribution in [0.5, 0.6) is 0 Å². The van der Waals surface area contributed by atoms with Crippen LogP contribution in [0.25, 0.3) is 0 Å². The minimum atomic E-state index is -0.841. The fourth-order valence-electron chi connectivity index (χ4n) is 11.8. The highest BCUT2D eigenvalue weighted by Gasteiger charge is 2.18. The molecule has 0 heterocycles. The Morgan fingerprint density at radius 3 is 0.940 bits per heavy atom. The van der Waals surface area contributed by atoms with Gasteiger partial charge in [-0.2, -0.15) is 0 Å². The molecule has 6 heteroatoms. The lowest BCUT2D eigenvalue weighted by molar-refractivity contribution is -0.143. The second kappa shape index (κ2) is 73.3. The Bertz CT molecular complexity index is 1400. The van der Waals surface area contributed by atoms with Gasteiger partial charge in [0.05, 0.1) is 25.4 Å². The number of carbonyl (C=O) groups excluding carboxylic acids is 2. The maximum absolute atomic E-state index is 12.5. The molecule has 0 aliphatic heterocycles. The number of allylic oxidation sites excluding steroid dienone is 7. The van der Waals surface area contributed by atoms with Gasteiger partial charge < -0.3 is 20.3 Å². The monoisotopic (exact) mass is 1180 g/mol. The molecular formula is C78H147NO5. The molecule has 0 spiro atoms. The smallest absolute Gasteiger partial charge is 0.305 e. The van der Waals surface area contributed by atoms with Crippen LogP contribution in [0, 0.1) is 0 Å². The molecule has 1 amide bonds. The molecular weight excluding hydrogens is 1030 g/mol. The normalized spacial score (nSPS) is 12.8. The molecule has 0 aliphatic carbocycles. The molecule has 0 aliphatic rings. The number of aliphatic hydroxyl groups is 2. The Labute approximate surface area is 525 Å². The number of rotatable bonds is 71. The van der Waals surface area contributed by atoms with E-state index in [4.69, 9.17) is 4.74 Å². The topological polar surface area (TPSA) is 95.9 Å². The third-order valence-electron chi connectivity index (χ3n) is 17.6. The van der Waals surface area contributed by atoms with E-state index in [9.17, 15) is 19.8 Å². The van der Waals surface area contributed by atoms with Crippen LogP contribution in [0.1, 0.15) is 412 Å². The second-order valence-electron chi connectivity index (χ2n) is 26.0. The number of amides is 1. The number of carbonyl (C=O) groups is 2. The summed E-state index contributed by atoms with van der Waals surface area (Å²) in [5.41, 5.74) is 0. The summed E-state index contributed by atoms with van der Waals surface area (Å²) in [6, 6.07) is -0.625. The van der Waals surface area contributed by atoms with Crippen molar-refractivity contribution in [2.75, 3.05) is 13.2 Å². The highest BCUT2D eigenvalue weighted by Crippen LogP contribution is 2.19. The van der Waals surface area contributed by atoms with E-state index in [2.05, 4.69) is 55.6 Å². The molecule has 6 nitrogen and oxygen atoms in total. The quantitative estimate of drug-likeness (QED) is 0.0320. The Kier molecular flexibility index (Phi) is 71.4. The number of hydrogen-bond donors (Lipinski definition) is 3. The molecule has 0 bridgehead atoms. The summed E-state index contributed by atoms with van der Waals surface area (Å²) in [5, 5.41) is 23.1. The fourth-order valence-corrected chi connectivity index (χ4v) is 11.8. The Hall–Kier alpha value is -2.18. The Morgan fingerprint density at radius 2 is 0.595 bits per heavy atom. The maximum Gasteiger partial charge on any atom is 0.305 e. The van der Waals surface area contributed by atoms with E-state index in [0.29, 0.717) is 19.4 Å². The van der Waals surface area contributed by atoms with Crippen molar-refractivity contribution >= 4 is 11.9 Å². The fraction of sp³-hybridized carbons (Fsp3) is 0.872. The summed E-state index contributed by atoms with van der Waals surface area (Å²) in [6.07, 6.45) is 96.5. The van der Waals surface area contributed by atoms with Gasteiger partial charge >= 0.3 is 5.97 Å². The minimum absolute atomic E-state index is 0.0165. The highest BCUT2D eigenvalue weighted by molar-refractivity contribution is 5.76. The molecule has 0 aromatic rings. The summed E-state index contributed by atoms with van der Waals surface area (Å²) < 4.78 is 5.51. The van der Waals surface area contributed by atoms with E-state index in [0.717, 1.165) is 51.4 Å². The van der Waals surface area contributed by atoms with E-state index in [-0.39, 0.29) is 18.5 Å². The molecule has 84 heavy (non-hydrogen) atoms. The first-order valence-electron chi connectivity index (χ1n) is 37.9. The van der Waals surface area contributed by atoms with Crippen molar-refractivity contribution in [2.45, 2.75) is 424 Å². The second-order valence-corrected chi connectivity index (χ2v) is 26.0. The van der Waals surface area contributed by atoms with Crippen molar-refractivity contribution < 1.29 is 24.5 Å². The number of unbranched alkanes of at least 4 members (excludes halogenated alkanes) is 54. The predicted octanol–water partition coefficient (Wildman–Crippen LogP) is 24.8. The lowest BCUT2D eigenvalue weighted by Crippen LogP contribution is -2.45. The molecule has 0 saturated carbocycles. The number of esters is 1. The van der Waals surface area contributed by atoms with Gasteiger partial charge in [-0.05, 0) is 89.9 Å². The molecule has 2 atom stereocenters. The maximum atomic E-state index is 12.5. The first-order chi connectivity index (χ1) is 41.5. The van der Waals surface area contributed by atoms with Crippen LogP contribution in [0.2, 0.25) is 0 Å². The number of nitrogens with one attached hydrogen (secondary N) is 1. The minimum Gasteiger partial charge on any atom is -0.466 e. The Morgan fingerprint density at radius 1 is 0.333 bits per heavy atom. The van der Waals surface area contributed by atoms with Gasteiger partial charge in [-0.3, -0.25) is 9.59 Å². The van der Waals surface area contributed by atoms with Crippen LogP contribution >= 0.6 is 0 Å². The Balaban J connectivity index is 3.33. The molecule has 0 aromatic carbocycles. The molecule has 2 unspecified atom stereocenters. The molecule has 0 fully saturated rings. The number of ether oxygens (including phenoxy) is 1. The van der Waals surface area contributed by atoms with Crippen LogP contribution in [0.3, 0.4) is 0 Å². The van der Waals surface area contributed by atoms with Gasteiger partial charge in [0.1, 0.15) is 0 Å². The van der Waals surface area contributed by atoms with Gasteiger partial charge in [-0.25, -0.2) is 0 Å². The number of aliphatic hydroxyl groups excluding tert-OH is 2. The van der Waals surface area contributed by atoms with E-state index in [1.165, 1.54) is 334 Å². The summed E-state index contributed by atoms with van der Waals surface area (Å²) in [5.74, 6) is -0.0466. The summed E-state index contributed by atoms with van der Waals surface area (Å²) >= 11 is 0. The van der Waals surface area contributed by atoms with Crippen molar-refractivity contribution in [2.24, 2.45) is 0 Å². The van der Waals surface area contributed by atoms with Gasteiger partial charge in [0.2, 0.25) is 5.91 Å². The van der Waals surface area contributed by atoms with Gasteiger partial charge in [-0.1, -0.05) is 358 Å². The third-order valence-corrected chi connectivity index (χ3v) is 17.6. The standard InChI is InChI=1S/C78H147NO5/c1-3-5-7-9-11-13-15-17-18-19-37-41-44-48-52-56-60-64-68-72-78(83)84-73-69-65-61-57-53-49-45-42-39-36-34-32-30-28-26-24-22-20-21-23-25-27-29-31-33-35-38-40-43-47-51-55-59-63-67-71-77(82)79-75(74-80)76(81)70-66-62-58-54-50-46-16-14-12-10-8-6-4-2/h11,13,17-18,22,24,66,70,75-76,80-81H,3-10,12,14-16,19-21,23,25-65,67-69,71-74H2,1-2H3,(H,79,82)/b13-11-,18-17-,24-22-,70-66+. The van der Waals surface area contributed by atoms with Crippen LogP contribution < -0.4 is 5.32 Å². The van der Waals surface area contributed by atoms with E-state index >= 15 is 0 Å². The molecule has 3 N–H and O–H groups in total. The van der Waals surface area contributed by atoms with Crippen LogP contribution in [-0.2, 0) is 14.3 Å². The largest absolute Gasteiger partial charge is 0.466 e. The number of hydrogen-bond acceptors (Lipinski definition) is 5. The lowest BCUT2D eigenvalue weighted by atomic mass is 10.0. The highest BCUT2D eigenvalue weighted by atomic mass is 16.5. The first kappa shape index (κ1) is 81.8. The van der Waals surface area contributed by atoms with Crippen LogP contribution in [0.4, 0.5) is 0 Å². The summed E-state index contributed by atoms with van der Waals surface area (Å²) in [4.78, 5) is 24.6. The first-order valence-corrected chi connectivity index (χ1v) is 37.9. The summed E-state index contributed by atoms with van der Waals surface area (Å²) in [6.45, 7) is 4.90. The molecule has 0 aromatic heterocycles. The van der Waals surface area contributed by atoms with Gasteiger partial charge in [-0.15, -0.1) is 0 Å². The van der Waals surface area contributed by atoms with Crippen molar-refractivity contribution in [1.82, 2.24) is 5.32 Å². The zero-order chi connectivity index (χ0) is 60.6. The van der Waals surface area contributed by atoms with E-state index < -0.39 is 12.1 Å². The van der Waals surface area contributed by atoms with E-state index in [1.54, 1.807) is 6.08 Å². The molecule has 494 valence electrons. The van der Waals surface area contributed by atoms with Gasteiger partial charge in [0.15, 0.2) is 0 Å². The van der Waals surface area contributed by atoms with Gasteiger partial charge in [0, 0.05) is 12.8 Å². The van der Waals surface area contributed by atoms with Crippen molar-refractivity contribution in [3.05, 3.63) is 48.6 Å². The van der Waals surface area contributed by atoms with E-state index in [1.807, 2.05) is 6.08 Å². The predicted molar refractivity (Wildman–Crippen MR) is 370 cm³/mol. The molecule has 0 rings (SSSR count). The zero-order valence-electron chi connectivity index (χ0n) is 56.6. The average Bonchev–Trinajstić information content (AvgIpc) is 3.54. The average molecular weight is 1180 g/mol.